The second-order valence-corrected chi connectivity index (χ2v) is 4.21. The van der Waals surface area contributed by atoms with Crippen molar-refractivity contribution in [2.45, 2.75) is 44.9 Å². The maximum absolute atomic E-state index is 8.67. The minimum absolute atomic E-state index is 0.846. The number of hydrogen-bond acceptors (Lipinski definition) is 2. The van der Waals surface area contributed by atoms with E-state index in [1.165, 1.54) is 32.1 Å². The van der Waals surface area contributed by atoms with Crippen LogP contribution in [0.1, 0.15) is 44.9 Å². The molecule has 2 atom stereocenters. The molecule has 0 aromatic rings. The first-order valence-electron chi connectivity index (χ1n) is 5.10. The predicted molar refractivity (Wildman–Crippen MR) is 48.5 cm³/mol. The van der Waals surface area contributed by atoms with Crippen LogP contribution in [0.3, 0.4) is 0 Å². The van der Waals surface area contributed by atoms with Gasteiger partial charge in [-0.2, -0.15) is 0 Å². The van der Waals surface area contributed by atoms with Gasteiger partial charge in [-0.25, -0.2) is 0 Å². The van der Waals surface area contributed by atoms with E-state index in [1.807, 2.05) is 0 Å². The molecule has 0 saturated heterocycles. The summed E-state index contributed by atoms with van der Waals surface area (Å²) in [5.74, 6) is 1.79. The van der Waals surface area contributed by atoms with Crippen molar-refractivity contribution in [1.29, 1.82) is 0 Å². The Kier molecular flexibility index (Phi) is 2.33. The quantitative estimate of drug-likeness (QED) is 0.436. The highest BCUT2D eigenvalue weighted by Gasteiger charge is 2.30. The molecule has 0 aliphatic heterocycles. The molecular formula is C10H17NO. The molecule has 2 aliphatic carbocycles. The van der Waals surface area contributed by atoms with Gasteiger partial charge in [-0.05, 0) is 37.5 Å². The summed E-state index contributed by atoms with van der Waals surface area (Å²) in [6.45, 7) is 0. The van der Waals surface area contributed by atoms with Crippen LogP contribution in [0, 0.1) is 11.8 Å². The van der Waals surface area contributed by atoms with Gasteiger partial charge in [-0.1, -0.05) is 24.4 Å². The zero-order chi connectivity index (χ0) is 8.39. The van der Waals surface area contributed by atoms with E-state index in [-0.39, 0.29) is 0 Å². The Morgan fingerprint density at radius 1 is 1.08 bits per heavy atom. The van der Waals surface area contributed by atoms with Crippen LogP contribution in [-0.2, 0) is 0 Å². The van der Waals surface area contributed by atoms with Crippen molar-refractivity contribution >= 4 is 5.71 Å². The highest BCUT2D eigenvalue weighted by Crippen LogP contribution is 2.39. The summed E-state index contributed by atoms with van der Waals surface area (Å²) < 4.78 is 0. The molecule has 2 heteroatoms. The van der Waals surface area contributed by atoms with Crippen molar-refractivity contribution in [1.82, 2.24) is 0 Å². The van der Waals surface area contributed by atoms with Crippen LogP contribution in [0.25, 0.3) is 0 Å². The van der Waals surface area contributed by atoms with Crippen molar-refractivity contribution < 1.29 is 5.21 Å². The normalized spacial score (nSPS) is 39.5. The molecule has 0 spiro atoms. The Morgan fingerprint density at radius 3 is 2.58 bits per heavy atom. The Balaban J connectivity index is 1.98. The largest absolute Gasteiger partial charge is 0.411 e. The lowest BCUT2D eigenvalue weighted by molar-refractivity contribution is 0.212. The van der Waals surface area contributed by atoms with Gasteiger partial charge < -0.3 is 5.21 Å². The summed E-state index contributed by atoms with van der Waals surface area (Å²) >= 11 is 0. The molecular weight excluding hydrogens is 150 g/mol. The van der Waals surface area contributed by atoms with Gasteiger partial charge in [0.25, 0.3) is 0 Å². The Morgan fingerprint density at radius 2 is 1.83 bits per heavy atom. The highest BCUT2D eigenvalue weighted by atomic mass is 16.4. The average molecular weight is 167 g/mol. The lowest BCUT2D eigenvalue weighted by Gasteiger charge is -2.35. The van der Waals surface area contributed by atoms with Crippen LogP contribution in [-0.4, -0.2) is 10.9 Å². The smallest absolute Gasteiger partial charge is 0.0573 e. The van der Waals surface area contributed by atoms with E-state index < -0.39 is 0 Å². The Labute approximate surface area is 73.7 Å². The third-order valence-corrected chi connectivity index (χ3v) is 3.51. The molecule has 0 aromatic heterocycles. The van der Waals surface area contributed by atoms with Crippen LogP contribution in [0.15, 0.2) is 5.16 Å². The van der Waals surface area contributed by atoms with Gasteiger partial charge in [-0.3, -0.25) is 0 Å². The topological polar surface area (TPSA) is 32.6 Å². The van der Waals surface area contributed by atoms with E-state index in [1.54, 1.807) is 0 Å². The molecule has 0 heterocycles. The van der Waals surface area contributed by atoms with Crippen molar-refractivity contribution in [2.75, 3.05) is 0 Å². The van der Waals surface area contributed by atoms with E-state index in [2.05, 4.69) is 5.16 Å². The molecule has 2 saturated carbocycles. The van der Waals surface area contributed by atoms with Crippen LogP contribution >= 0.6 is 0 Å². The van der Waals surface area contributed by atoms with Gasteiger partial charge in [0.15, 0.2) is 0 Å². The predicted octanol–water partition coefficient (Wildman–Crippen LogP) is 2.81. The fourth-order valence-corrected chi connectivity index (χ4v) is 2.78. The number of oxime groups is 1. The van der Waals surface area contributed by atoms with Crippen molar-refractivity contribution in [3.05, 3.63) is 0 Å². The molecule has 0 radical (unpaired) electrons. The third-order valence-electron chi connectivity index (χ3n) is 3.51. The average Bonchev–Trinajstić information content (AvgIpc) is 2.17. The molecule has 2 fully saturated rings. The third kappa shape index (κ3) is 1.47. The minimum Gasteiger partial charge on any atom is -0.411 e. The van der Waals surface area contributed by atoms with E-state index in [9.17, 15) is 0 Å². The lowest BCUT2D eigenvalue weighted by Crippen LogP contribution is -2.27. The standard InChI is InChI=1S/C10H17NO/c12-11-10-6-5-8-3-1-2-4-9(8)7-10/h8-9,12H,1-7H2/b11-10-/t8-,9+/m0/s1. The lowest BCUT2D eigenvalue weighted by atomic mass is 9.70. The second-order valence-electron chi connectivity index (χ2n) is 4.21. The van der Waals surface area contributed by atoms with Gasteiger partial charge in [-0.15, -0.1) is 0 Å². The van der Waals surface area contributed by atoms with Crippen LogP contribution in [0.5, 0.6) is 0 Å². The van der Waals surface area contributed by atoms with E-state index in [0.29, 0.717) is 0 Å². The van der Waals surface area contributed by atoms with Crippen molar-refractivity contribution in [2.24, 2.45) is 17.0 Å². The molecule has 0 unspecified atom stereocenters. The number of nitrogens with zero attached hydrogens (tertiary/aromatic N) is 1. The molecule has 0 bridgehead atoms. The first-order chi connectivity index (χ1) is 5.90. The molecule has 2 nitrogen and oxygen atoms in total. The molecule has 12 heavy (non-hydrogen) atoms. The zero-order valence-corrected chi connectivity index (χ0v) is 7.50. The minimum atomic E-state index is 0.846. The Bertz CT molecular complexity index is 188. The van der Waals surface area contributed by atoms with Crippen molar-refractivity contribution in [3.8, 4) is 0 Å². The molecule has 2 rings (SSSR count). The summed E-state index contributed by atoms with van der Waals surface area (Å²) in [4.78, 5) is 0. The van der Waals surface area contributed by atoms with Crippen LogP contribution in [0.2, 0.25) is 0 Å². The van der Waals surface area contributed by atoms with Gasteiger partial charge in [0.1, 0.15) is 0 Å². The van der Waals surface area contributed by atoms with E-state index >= 15 is 0 Å². The van der Waals surface area contributed by atoms with Gasteiger partial charge >= 0.3 is 0 Å². The first kappa shape index (κ1) is 8.09. The molecule has 68 valence electrons. The highest BCUT2D eigenvalue weighted by molar-refractivity contribution is 5.84. The first-order valence-corrected chi connectivity index (χ1v) is 5.10. The SMILES string of the molecule is O/N=C1/CC[C@@H]2CCCC[C@@H]2C1. The second kappa shape index (κ2) is 3.46. The molecule has 0 amide bonds. The summed E-state index contributed by atoms with van der Waals surface area (Å²) in [5, 5.41) is 12.0. The fourth-order valence-electron chi connectivity index (χ4n) is 2.78. The summed E-state index contributed by atoms with van der Waals surface area (Å²) in [7, 11) is 0. The Hall–Kier alpha value is -0.530. The summed E-state index contributed by atoms with van der Waals surface area (Å²) in [6.07, 6.45) is 8.97. The number of rotatable bonds is 0. The number of hydrogen-bond donors (Lipinski definition) is 1. The maximum atomic E-state index is 8.67. The number of fused-ring (bicyclic) bond motifs is 1. The fraction of sp³-hybridized carbons (Fsp3) is 0.900. The molecule has 1 N–H and O–H groups in total. The van der Waals surface area contributed by atoms with Gasteiger partial charge in [0.2, 0.25) is 0 Å². The van der Waals surface area contributed by atoms with Crippen LogP contribution in [0.4, 0.5) is 0 Å². The van der Waals surface area contributed by atoms with Crippen molar-refractivity contribution in [3.63, 3.8) is 0 Å². The zero-order valence-electron chi connectivity index (χ0n) is 7.50. The van der Waals surface area contributed by atoms with E-state index in [0.717, 1.165) is 30.4 Å². The van der Waals surface area contributed by atoms with E-state index in [4.69, 9.17) is 5.21 Å². The maximum Gasteiger partial charge on any atom is 0.0573 e. The summed E-state index contributed by atoms with van der Waals surface area (Å²) in [6, 6.07) is 0. The molecule has 0 aromatic carbocycles. The van der Waals surface area contributed by atoms with Gasteiger partial charge in [0.05, 0.1) is 5.71 Å². The molecule has 2 aliphatic rings. The van der Waals surface area contributed by atoms with Crippen LogP contribution < -0.4 is 0 Å². The monoisotopic (exact) mass is 167 g/mol. The van der Waals surface area contributed by atoms with Gasteiger partial charge in [0, 0.05) is 0 Å². The summed E-state index contributed by atoms with van der Waals surface area (Å²) in [5.41, 5.74) is 1.04.